The number of benzene rings is 2. The molecule has 0 bridgehead atoms. The molecule has 0 unspecified atom stereocenters. The van der Waals surface area contributed by atoms with Gasteiger partial charge >= 0.3 is 0 Å². The number of nitrogens with two attached hydrogens (primary N) is 1. The Kier molecular flexibility index (Phi) is 4.58. The molecule has 2 rings (SSSR count). The van der Waals surface area contributed by atoms with Gasteiger partial charge in [-0.3, -0.25) is 4.79 Å². The van der Waals surface area contributed by atoms with Crippen LogP contribution in [0, 0.1) is 12.7 Å². The number of amides is 1. The van der Waals surface area contributed by atoms with E-state index in [1.165, 1.54) is 6.07 Å². The van der Waals surface area contributed by atoms with Crippen molar-refractivity contribution in [3.05, 3.63) is 65.0 Å². The first-order valence-corrected chi connectivity index (χ1v) is 6.91. The predicted molar refractivity (Wildman–Crippen MR) is 82.4 cm³/mol. The van der Waals surface area contributed by atoms with Crippen LogP contribution in [0.5, 0.6) is 0 Å². The summed E-state index contributed by atoms with van der Waals surface area (Å²) in [7, 11) is 0. The van der Waals surface area contributed by atoms with Gasteiger partial charge in [0.15, 0.2) is 0 Å². The van der Waals surface area contributed by atoms with Crippen molar-refractivity contribution in [2.45, 2.75) is 20.4 Å². The minimum Gasteiger partial charge on any atom is -0.398 e. The van der Waals surface area contributed by atoms with E-state index in [1.54, 1.807) is 23.1 Å². The Hall–Kier alpha value is -2.36. The number of rotatable bonds is 4. The summed E-state index contributed by atoms with van der Waals surface area (Å²) in [6.45, 7) is 4.56. The van der Waals surface area contributed by atoms with Crippen molar-refractivity contribution in [3.8, 4) is 0 Å². The third-order valence-electron chi connectivity index (χ3n) is 3.44. The van der Waals surface area contributed by atoms with Crippen molar-refractivity contribution in [2.75, 3.05) is 12.3 Å². The minimum atomic E-state index is -0.495. The van der Waals surface area contributed by atoms with Crippen LogP contribution in [0.1, 0.15) is 28.4 Å². The van der Waals surface area contributed by atoms with Crippen molar-refractivity contribution in [3.63, 3.8) is 0 Å². The third kappa shape index (κ3) is 3.40. The van der Waals surface area contributed by atoms with Crippen molar-refractivity contribution in [1.82, 2.24) is 4.90 Å². The molecule has 0 heterocycles. The number of halogens is 1. The van der Waals surface area contributed by atoms with Gasteiger partial charge in [-0.15, -0.1) is 0 Å². The maximum atomic E-state index is 13.9. The molecule has 4 heteroatoms. The number of carbonyl (C=O) groups excluding carboxylic acids is 1. The standard InChI is InChI=1S/C17H19FN2O/c1-3-20(11-13-6-4-5-7-16(13)19)17(21)14-10-12(2)8-9-15(14)18/h4-10H,3,11,19H2,1-2H3. The molecule has 1 amide bonds. The third-order valence-corrected chi connectivity index (χ3v) is 3.44. The molecule has 0 fully saturated rings. The zero-order valence-corrected chi connectivity index (χ0v) is 12.3. The van der Waals surface area contributed by atoms with Crippen molar-refractivity contribution in [2.24, 2.45) is 0 Å². The number of para-hydroxylation sites is 1. The van der Waals surface area contributed by atoms with E-state index in [-0.39, 0.29) is 11.5 Å². The molecule has 2 aromatic rings. The first-order chi connectivity index (χ1) is 10.0. The summed E-state index contributed by atoms with van der Waals surface area (Å²) in [5, 5.41) is 0. The SMILES string of the molecule is CCN(Cc1ccccc1N)C(=O)c1cc(C)ccc1F. The van der Waals surface area contributed by atoms with Crippen LogP contribution in [-0.2, 0) is 6.54 Å². The molecule has 2 N–H and O–H groups in total. The highest BCUT2D eigenvalue weighted by molar-refractivity contribution is 5.94. The molecule has 0 aliphatic rings. The van der Waals surface area contributed by atoms with Gasteiger partial charge in [0.1, 0.15) is 5.82 Å². The monoisotopic (exact) mass is 286 g/mol. The zero-order chi connectivity index (χ0) is 15.4. The van der Waals surface area contributed by atoms with Crippen LogP contribution in [-0.4, -0.2) is 17.4 Å². The van der Waals surface area contributed by atoms with Gasteiger partial charge in [0.2, 0.25) is 0 Å². The largest absolute Gasteiger partial charge is 0.398 e. The summed E-state index contributed by atoms with van der Waals surface area (Å²) < 4.78 is 13.9. The van der Waals surface area contributed by atoms with Gasteiger partial charge in [0.05, 0.1) is 5.56 Å². The molecule has 0 aliphatic heterocycles. The van der Waals surface area contributed by atoms with Crippen molar-refractivity contribution >= 4 is 11.6 Å². The Balaban J connectivity index is 2.27. The summed E-state index contributed by atoms with van der Waals surface area (Å²) in [5.41, 5.74) is 8.36. The van der Waals surface area contributed by atoms with E-state index >= 15 is 0 Å². The second-order valence-electron chi connectivity index (χ2n) is 5.00. The molecule has 21 heavy (non-hydrogen) atoms. The van der Waals surface area contributed by atoms with Gasteiger partial charge in [-0.1, -0.05) is 29.8 Å². The van der Waals surface area contributed by atoms with Crippen LogP contribution in [0.25, 0.3) is 0 Å². The van der Waals surface area contributed by atoms with Crippen molar-refractivity contribution < 1.29 is 9.18 Å². The first kappa shape index (κ1) is 15.0. The van der Waals surface area contributed by atoms with Gasteiger partial charge in [-0.2, -0.15) is 0 Å². The van der Waals surface area contributed by atoms with Crippen LogP contribution in [0.2, 0.25) is 0 Å². The summed E-state index contributed by atoms with van der Waals surface area (Å²) in [4.78, 5) is 14.1. The Bertz CT molecular complexity index is 655. The van der Waals surface area contributed by atoms with Crippen molar-refractivity contribution in [1.29, 1.82) is 0 Å². The van der Waals surface area contributed by atoms with Crippen LogP contribution >= 0.6 is 0 Å². The van der Waals surface area contributed by atoms with Gasteiger partial charge in [-0.05, 0) is 37.6 Å². The minimum absolute atomic E-state index is 0.103. The number of anilines is 1. The molecular formula is C17H19FN2O. The van der Waals surface area contributed by atoms with Gasteiger partial charge in [-0.25, -0.2) is 4.39 Å². The Morgan fingerprint density at radius 1 is 1.24 bits per heavy atom. The number of hydrogen-bond donors (Lipinski definition) is 1. The van der Waals surface area contributed by atoms with E-state index in [0.717, 1.165) is 11.1 Å². The lowest BCUT2D eigenvalue weighted by Crippen LogP contribution is -2.31. The van der Waals surface area contributed by atoms with Crippen LogP contribution < -0.4 is 5.73 Å². The molecule has 0 atom stereocenters. The van der Waals surface area contributed by atoms with Crippen LogP contribution in [0.4, 0.5) is 10.1 Å². The molecular weight excluding hydrogens is 267 g/mol. The Labute approximate surface area is 124 Å². The Morgan fingerprint density at radius 3 is 2.62 bits per heavy atom. The van der Waals surface area contributed by atoms with Gasteiger partial charge in [0.25, 0.3) is 5.91 Å². The molecule has 0 aliphatic carbocycles. The van der Waals surface area contributed by atoms with E-state index in [9.17, 15) is 9.18 Å². The van der Waals surface area contributed by atoms with E-state index in [2.05, 4.69) is 0 Å². The predicted octanol–water partition coefficient (Wildman–Crippen LogP) is 3.38. The second kappa shape index (κ2) is 6.39. The van der Waals surface area contributed by atoms with E-state index in [0.29, 0.717) is 18.8 Å². The molecule has 0 saturated heterocycles. The molecule has 0 saturated carbocycles. The summed E-state index contributed by atoms with van der Waals surface area (Å²) in [6.07, 6.45) is 0. The second-order valence-corrected chi connectivity index (χ2v) is 5.00. The summed E-state index contributed by atoms with van der Waals surface area (Å²) in [6, 6.07) is 11.9. The van der Waals surface area contributed by atoms with E-state index in [4.69, 9.17) is 5.73 Å². The normalized spacial score (nSPS) is 10.4. The molecule has 0 radical (unpaired) electrons. The number of nitrogen functional groups attached to an aromatic ring is 1. The number of aryl methyl sites for hydroxylation is 1. The molecule has 3 nitrogen and oxygen atoms in total. The molecule has 0 spiro atoms. The highest BCUT2D eigenvalue weighted by Gasteiger charge is 2.19. The molecule has 2 aromatic carbocycles. The smallest absolute Gasteiger partial charge is 0.257 e. The quantitative estimate of drug-likeness (QED) is 0.876. The highest BCUT2D eigenvalue weighted by Crippen LogP contribution is 2.17. The fourth-order valence-electron chi connectivity index (χ4n) is 2.18. The summed E-state index contributed by atoms with van der Waals surface area (Å²) in [5.74, 6) is -0.813. The number of hydrogen-bond acceptors (Lipinski definition) is 2. The Morgan fingerprint density at radius 2 is 1.95 bits per heavy atom. The maximum Gasteiger partial charge on any atom is 0.257 e. The number of nitrogens with zero attached hydrogens (tertiary/aromatic N) is 1. The number of carbonyl (C=O) groups is 1. The fourth-order valence-corrected chi connectivity index (χ4v) is 2.18. The lowest BCUT2D eigenvalue weighted by molar-refractivity contribution is 0.0748. The van der Waals surface area contributed by atoms with Crippen LogP contribution in [0.3, 0.4) is 0 Å². The fraction of sp³-hybridized carbons (Fsp3) is 0.235. The highest BCUT2D eigenvalue weighted by atomic mass is 19.1. The van der Waals surface area contributed by atoms with Gasteiger partial charge in [0, 0.05) is 18.8 Å². The topological polar surface area (TPSA) is 46.3 Å². The van der Waals surface area contributed by atoms with Gasteiger partial charge < -0.3 is 10.6 Å². The average Bonchev–Trinajstić information content (AvgIpc) is 2.48. The first-order valence-electron chi connectivity index (χ1n) is 6.91. The van der Waals surface area contributed by atoms with E-state index < -0.39 is 5.82 Å². The van der Waals surface area contributed by atoms with Crippen LogP contribution in [0.15, 0.2) is 42.5 Å². The van der Waals surface area contributed by atoms with E-state index in [1.807, 2.05) is 32.0 Å². The summed E-state index contributed by atoms with van der Waals surface area (Å²) >= 11 is 0. The molecule has 0 aromatic heterocycles. The average molecular weight is 286 g/mol. The zero-order valence-electron chi connectivity index (χ0n) is 12.3. The molecule has 110 valence electrons. The lowest BCUT2D eigenvalue weighted by atomic mass is 10.1. The lowest BCUT2D eigenvalue weighted by Gasteiger charge is -2.22. The maximum absolute atomic E-state index is 13.9.